The number of carbonyl (C=O) groups excluding carboxylic acids is 3. The van der Waals surface area contributed by atoms with Gasteiger partial charge in [0.15, 0.2) is 0 Å². The van der Waals surface area contributed by atoms with E-state index >= 15 is 0 Å². The minimum absolute atomic E-state index is 0. The SMILES string of the molecule is Cl.NC[C@H]1CC[C@H](C(=O)N2C(n3c(C(N)=O)cc4ccccc43)C[C@@H](c3ccccc3)[C@H]2C(N)=O)CC1. The number of halogens is 1. The highest BCUT2D eigenvalue weighted by Crippen LogP contribution is 2.46. The van der Waals surface area contributed by atoms with Gasteiger partial charge in [-0.1, -0.05) is 48.5 Å². The smallest absolute Gasteiger partial charge is 0.265 e. The number of hydrogen-bond donors (Lipinski definition) is 3. The third-order valence-corrected chi connectivity index (χ3v) is 8.07. The van der Waals surface area contributed by atoms with E-state index in [1.165, 1.54) is 0 Å². The molecule has 1 aliphatic carbocycles. The molecule has 0 radical (unpaired) electrons. The van der Waals surface area contributed by atoms with Gasteiger partial charge in [-0.2, -0.15) is 0 Å². The first-order valence-corrected chi connectivity index (χ1v) is 12.7. The van der Waals surface area contributed by atoms with Crippen LogP contribution in [0.2, 0.25) is 0 Å². The summed E-state index contributed by atoms with van der Waals surface area (Å²) in [7, 11) is 0. The van der Waals surface area contributed by atoms with E-state index in [1.54, 1.807) is 11.0 Å². The molecule has 196 valence electrons. The molecule has 2 heterocycles. The Morgan fingerprint density at radius 1 is 0.892 bits per heavy atom. The van der Waals surface area contributed by atoms with Crippen molar-refractivity contribution in [3.8, 4) is 0 Å². The van der Waals surface area contributed by atoms with Gasteiger partial charge in [-0.3, -0.25) is 14.4 Å². The Balaban J connectivity index is 0.00000320. The van der Waals surface area contributed by atoms with E-state index in [-0.39, 0.29) is 30.2 Å². The minimum Gasteiger partial charge on any atom is -0.368 e. The number of para-hydroxylation sites is 1. The van der Waals surface area contributed by atoms with E-state index in [0.717, 1.165) is 42.1 Å². The Morgan fingerprint density at radius 3 is 2.16 bits per heavy atom. The van der Waals surface area contributed by atoms with Crippen molar-refractivity contribution >= 4 is 41.0 Å². The summed E-state index contributed by atoms with van der Waals surface area (Å²) in [4.78, 5) is 41.4. The van der Waals surface area contributed by atoms with Crippen LogP contribution >= 0.6 is 12.4 Å². The first-order chi connectivity index (χ1) is 17.4. The maximum absolute atomic E-state index is 14.2. The van der Waals surface area contributed by atoms with Crippen LogP contribution in [0.4, 0.5) is 0 Å². The second-order valence-electron chi connectivity index (χ2n) is 10.1. The second kappa shape index (κ2) is 10.9. The predicted molar refractivity (Wildman–Crippen MR) is 145 cm³/mol. The van der Waals surface area contributed by atoms with E-state index in [9.17, 15) is 14.4 Å². The fraction of sp³-hybridized carbons (Fsp3) is 0.393. The maximum atomic E-state index is 14.2. The zero-order valence-electron chi connectivity index (χ0n) is 20.7. The lowest BCUT2D eigenvalue weighted by molar-refractivity contribution is -0.145. The maximum Gasteiger partial charge on any atom is 0.265 e. The summed E-state index contributed by atoms with van der Waals surface area (Å²) in [6.07, 6.45) is 3.08. The summed E-state index contributed by atoms with van der Waals surface area (Å²) < 4.78 is 1.83. The van der Waals surface area contributed by atoms with Gasteiger partial charge >= 0.3 is 0 Å². The summed E-state index contributed by atoms with van der Waals surface area (Å²) >= 11 is 0. The van der Waals surface area contributed by atoms with Gasteiger partial charge < -0.3 is 26.7 Å². The van der Waals surface area contributed by atoms with Gasteiger partial charge in [0.25, 0.3) is 5.91 Å². The number of carbonyl (C=O) groups is 3. The lowest BCUT2D eigenvalue weighted by Gasteiger charge is -2.36. The number of rotatable bonds is 6. The molecule has 3 aromatic rings. The fourth-order valence-corrected chi connectivity index (χ4v) is 6.26. The molecule has 6 N–H and O–H groups in total. The zero-order chi connectivity index (χ0) is 25.4. The van der Waals surface area contributed by atoms with Crippen molar-refractivity contribution in [1.29, 1.82) is 0 Å². The van der Waals surface area contributed by atoms with Crippen LogP contribution in [0, 0.1) is 11.8 Å². The molecule has 1 unspecified atom stereocenters. The molecule has 2 aromatic carbocycles. The van der Waals surface area contributed by atoms with Gasteiger partial charge in [0.2, 0.25) is 11.8 Å². The quantitative estimate of drug-likeness (QED) is 0.456. The molecule has 0 bridgehead atoms. The summed E-state index contributed by atoms with van der Waals surface area (Å²) in [5.74, 6) is -1.33. The van der Waals surface area contributed by atoms with Crippen LogP contribution in [0.5, 0.6) is 0 Å². The molecule has 3 atom stereocenters. The molecule has 37 heavy (non-hydrogen) atoms. The first kappa shape index (κ1) is 26.7. The largest absolute Gasteiger partial charge is 0.368 e. The normalized spacial score (nSPS) is 25.5. The van der Waals surface area contributed by atoms with Gasteiger partial charge in [-0.05, 0) is 62.3 Å². The van der Waals surface area contributed by atoms with Crippen LogP contribution in [0.1, 0.15) is 60.2 Å². The lowest BCUT2D eigenvalue weighted by Crippen LogP contribution is -2.50. The Kier molecular flexibility index (Phi) is 7.90. The fourth-order valence-electron chi connectivity index (χ4n) is 6.26. The molecule has 1 aromatic heterocycles. The predicted octanol–water partition coefficient (Wildman–Crippen LogP) is 3.30. The second-order valence-corrected chi connectivity index (χ2v) is 10.1. The number of amides is 3. The molecule has 1 saturated heterocycles. The molecular weight excluding hydrogens is 490 g/mol. The summed E-state index contributed by atoms with van der Waals surface area (Å²) in [5.41, 5.74) is 19.7. The van der Waals surface area contributed by atoms with Crippen LogP contribution in [0.25, 0.3) is 10.9 Å². The summed E-state index contributed by atoms with van der Waals surface area (Å²) in [6.45, 7) is 0.616. The van der Waals surface area contributed by atoms with Crippen molar-refractivity contribution < 1.29 is 14.4 Å². The molecule has 3 amide bonds. The monoisotopic (exact) mass is 523 g/mol. The molecule has 1 aliphatic heterocycles. The molecular formula is C28H34ClN5O3. The standard InChI is InChI=1S/C28H33N5O3.ClH/c29-16-17-10-12-19(13-11-17)28(36)33-24(15-21(25(33)27(31)35)18-6-2-1-3-7-18)32-22-9-5-4-8-20(22)14-23(32)26(30)34;/h1-9,14,17,19,21,24-25H,10-13,15-16,29H2,(H2,30,34)(H2,31,35);1H/t17-,19-,21-,24?,25-;/m0./s1. The molecule has 9 heteroatoms. The number of fused-ring (bicyclic) bond motifs is 1. The molecule has 8 nitrogen and oxygen atoms in total. The van der Waals surface area contributed by atoms with E-state index in [1.807, 2.05) is 59.2 Å². The average Bonchev–Trinajstić information content (AvgIpc) is 3.48. The number of benzene rings is 2. The van der Waals surface area contributed by atoms with Gasteiger partial charge in [0.1, 0.15) is 17.9 Å². The van der Waals surface area contributed by atoms with Crippen LogP contribution in [0.3, 0.4) is 0 Å². The molecule has 1 saturated carbocycles. The number of nitrogens with two attached hydrogens (primary N) is 3. The van der Waals surface area contributed by atoms with E-state index in [0.29, 0.717) is 24.6 Å². The van der Waals surface area contributed by atoms with Crippen LogP contribution in [0.15, 0.2) is 60.7 Å². The van der Waals surface area contributed by atoms with E-state index < -0.39 is 24.0 Å². The van der Waals surface area contributed by atoms with Crippen LogP contribution in [-0.4, -0.2) is 39.8 Å². The molecule has 5 rings (SSSR count). The highest BCUT2D eigenvalue weighted by molar-refractivity contribution is 5.98. The summed E-state index contributed by atoms with van der Waals surface area (Å²) in [6, 6.07) is 18.2. The van der Waals surface area contributed by atoms with Crippen LogP contribution < -0.4 is 17.2 Å². The van der Waals surface area contributed by atoms with Crippen molar-refractivity contribution in [2.24, 2.45) is 29.0 Å². The number of primary amides is 2. The Morgan fingerprint density at radius 2 is 1.54 bits per heavy atom. The van der Waals surface area contributed by atoms with E-state index in [2.05, 4.69) is 0 Å². The van der Waals surface area contributed by atoms with E-state index in [4.69, 9.17) is 17.2 Å². The van der Waals surface area contributed by atoms with Gasteiger partial charge in [0, 0.05) is 17.2 Å². The number of aromatic nitrogens is 1. The Bertz CT molecular complexity index is 1290. The minimum atomic E-state index is -0.834. The molecule has 0 spiro atoms. The van der Waals surface area contributed by atoms with Crippen molar-refractivity contribution in [3.63, 3.8) is 0 Å². The van der Waals surface area contributed by atoms with Gasteiger partial charge in [-0.25, -0.2) is 0 Å². The van der Waals surface area contributed by atoms with Crippen molar-refractivity contribution in [3.05, 3.63) is 71.9 Å². The number of nitrogens with zero attached hydrogens (tertiary/aromatic N) is 2. The van der Waals surface area contributed by atoms with Crippen molar-refractivity contribution in [2.45, 2.75) is 50.2 Å². The lowest BCUT2D eigenvalue weighted by atomic mass is 9.81. The molecule has 2 fully saturated rings. The van der Waals surface area contributed by atoms with Crippen molar-refractivity contribution in [1.82, 2.24) is 9.47 Å². The Hall–Kier alpha value is -3.36. The highest BCUT2D eigenvalue weighted by atomic mass is 35.5. The third kappa shape index (κ3) is 4.83. The first-order valence-electron chi connectivity index (χ1n) is 12.7. The summed E-state index contributed by atoms with van der Waals surface area (Å²) in [5, 5.41) is 0.848. The van der Waals surface area contributed by atoms with Crippen molar-refractivity contribution in [2.75, 3.05) is 6.54 Å². The third-order valence-electron chi connectivity index (χ3n) is 8.07. The number of hydrogen-bond acceptors (Lipinski definition) is 4. The van der Waals surface area contributed by atoms with Gasteiger partial charge in [0.05, 0.1) is 5.52 Å². The van der Waals surface area contributed by atoms with Gasteiger partial charge in [-0.15, -0.1) is 12.4 Å². The zero-order valence-corrected chi connectivity index (χ0v) is 21.5. The number of likely N-dealkylation sites (tertiary alicyclic amines) is 1. The average molecular weight is 524 g/mol. The molecule has 2 aliphatic rings. The topological polar surface area (TPSA) is 137 Å². The highest BCUT2D eigenvalue weighted by Gasteiger charge is 2.50. The Labute approximate surface area is 222 Å². The van der Waals surface area contributed by atoms with Crippen LogP contribution in [-0.2, 0) is 9.59 Å².